The molecule has 2 aromatic heterocycles. The Balaban J connectivity index is 2.44. The Morgan fingerprint density at radius 1 is 1.21 bits per heavy atom. The number of carbonyl (C=O) groups excluding carboxylic acids is 1. The van der Waals surface area contributed by atoms with E-state index in [0.29, 0.717) is 5.58 Å². The minimum Gasteiger partial charge on any atom is -0.449 e. The molecule has 19 heavy (non-hydrogen) atoms. The van der Waals surface area contributed by atoms with E-state index in [0.717, 1.165) is 22.1 Å². The molecule has 2 heterocycles. The molecule has 0 aliphatic heterocycles. The van der Waals surface area contributed by atoms with Gasteiger partial charge in [0.15, 0.2) is 11.3 Å². The topological polar surface area (TPSA) is 69.1 Å². The second-order valence-electron chi connectivity index (χ2n) is 4.37. The molecule has 0 unspecified atom stereocenters. The molecule has 0 fully saturated rings. The van der Waals surface area contributed by atoms with E-state index in [1.807, 2.05) is 37.3 Å². The van der Waals surface area contributed by atoms with Crippen molar-refractivity contribution in [2.45, 2.75) is 6.92 Å². The third-order valence-electron chi connectivity index (χ3n) is 3.08. The van der Waals surface area contributed by atoms with Crippen molar-refractivity contribution in [3.8, 4) is 11.1 Å². The van der Waals surface area contributed by atoms with Crippen LogP contribution >= 0.6 is 0 Å². The normalized spacial score (nSPS) is 10.8. The zero-order valence-corrected chi connectivity index (χ0v) is 10.4. The fraction of sp³-hybridized carbons (Fsp3) is 0.0667. The molecule has 0 bridgehead atoms. The molecule has 1 aromatic carbocycles. The number of rotatable bonds is 2. The molecular weight excluding hydrogens is 240 g/mol. The number of furan rings is 1. The Hall–Kier alpha value is -2.62. The molecule has 0 aliphatic carbocycles. The largest absolute Gasteiger partial charge is 0.449 e. The van der Waals surface area contributed by atoms with Crippen LogP contribution in [0.2, 0.25) is 0 Å². The highest BCUT2D eigenvalue weighted by Crippen LogP contribution is 2.35. The van der Waals surface area contributed by atoms with Crippen molar-refractivity contribution in [3.05, 3.63) is 54.0 Å². The summed E-state index contributed by atoms with van der Waals surface area (Å²) in [5, 5.41) is 0.884. The first-order valence-corrected chi connectivity index (χ1v) is 5.91. The number of pyridine rings is 1. The van der Waals surface area contributed by atoms with Crippen LogP contribution in [0.15, 0.2) is 47.1 Å². The van der Waals surface area contributed by atoms with E-state index < -0.39 is 5.91 Å². The predicted octanol–water partition coefficient (Wildman–Crippen LogP) is 2.90. The van der Waals surface area contributed by atoms with Gasteiger partial charge in [-0.05, 0) is 18.1 Å². The summed E-state index contributed by atoms with van der Waals surface area (Å²) in [6.07, 6.45) is 3.34. The lowest BCUT2D eigenvalue weighted by molar-refractivity contribution is 0.0977. The first-order valence-electron chi connectivity index (χ1n) is 5.91. The van der Waals surface area contributed by atoms with Crippen molar-refractivity contribution >= 4 is 16.9 Å². The standard InChI is InChI=1S/C15H12N2O2/c1-9-7-17-8-11-12(9)13(14(19-11)15(16)18)10-5-3-2-4-6-10/h2-8H,1H3,(H2,16,18). The monoisotopic (exact) mass is 252 g/mol. The van der Waals surface area contributed by atoms with Gasteiger partial charge in [-0.2, -0.15) is 0 Å². The lowest BCUT2D eigenvalue weighted by atomic mass is 10.00. The van der Waals surface area contributed by atoms with Gasteiger partial charge in [0.1, 0.15) is 0 Å². The highest BCUT2D eigenvalue weighted by molar-refractivity contribution is 6.08. The van der Waals surface area contributed by atoms with Gasteiger partial charge in [0, 0.05) is 17.1 Å². The van der Waals surface area contributed by atoms with E-state index in [1.54, 1.807) is 12.4 Å². The third kappa shape index (κ3) is 1.78. The van der Waals surface area contributed by atoms with Crippen LogP contribution in [0, 0.1) is 6.92 Å². The van der Waals surface area contributed by atoms with Gasteiger partial charge >= 0.3 is 0 Å². The summed E-state index contributed by atoms with van der Waals surface area (Å²) in [4.78, 5) is 15.7. The first kappa shape index (κ1) is 11.5. The molecule has 0 atom stereocenters. The first-order chi connectivity index (χ1) is 9.18. The lowest BCUT2D eigenvalue weighted by Crippen LogP contribution is -2.10. The van der Waals surface area contributed by atoms with Crippen LogP contribution in [0.5, 0.6) is 0 Å². The van der Waals surface area contributed by atoms with Gasteiger partial charge in [0.05, 0.1) is 6.20 Å². The van der Waals surface area contributed by atoms with Crippen LogP contribution in [0.4, 0.5) is 0 Å². The number of amides is 1. The lowest BCUT2D eigenvalue weighted by Gasteiger charge is -2.02. The average Bonchev–Trinajstić information content (AvgIpc) is 2.81. The summed E-state index contributed by atoms with van der Waals surface area (Å²) in [6, 6.07) is 9.60. The van der Waals surface area contributed by atoms with E-state index >= 15 is 0 Å². The van der Waals surface area contributed by atoms with Gasteiger partial charge in [-0.25, -0.2) is 0 Å². The third-order valence-corrected chi connectivity index (χ3v) is 3.08. The highest BCUT2D eigenvalue weighted by atomic mass is 16.3. The number of aromatic nitrogens is 1. The van der Waals surface area contributed by atoms with Crippen molar-refractivity contribution in [3.63, 3.8) is 0 Å². The molecular formula is C15H12N2O2. The minimum absolute atomic E-state index is 0.178. The van der Waals surface area contributed by atoms with Crippen molar-refractivity contribution in [2.75, 3.05) is 0 Å². The molecule has 0 radical (unpaired) electrons. The maximum absolute atomic E-state index is 11.6. The van der Waals surface area contributed by atoms with Crippen LogP contribution in [0.25, 0.3) is 22.1 Å². The smallest absolute Gasteiger partial charge is 0.285 e. The van der Waals surface area contributed by atoms with Crippen LogP contribution in [0.1, 0.15) is 16.1 Å². The summed E-state index contributed by atoms with van der Waals surface area (Å²) >= 11 is 0. The van der Waals surface area contributed by atoms with Crippen LogP contribution in [-0.2, 0) is 0 Å². The minimum atomic E-state index is -0.575. The van der Waals surface area contributed by atoms with Gasteiger partial charge in [0.25, 0.3) is 5.91 Å². The van der Waals surface area contributed by atoms with Crippen LogP contribution in [-0.4, -0.2) is 10.9 Å². The average molecular weight is 252 g/mol. The Morgan fingerprint density at radius 2 is 1.95 bits per heavy atom. The number of nitrogens with zero attached hydrogens (tertiary/aromatic N) is 1. The van der Waals surface area contributed by atoms with Gasteiger partial charge in [-0.15, -0.1) is 0 Å². The van der Waals surface area contributed by atoms with E-state index in [2.05, 4.69) is 4.98 Å². The van der Waals surface area contributed by atoms with E-state index in [9.17, 15) is 4.79 Å². The molecule has 94 valence electrons. The summed E-state index contributed by atoms with van der Waals surface area (Å²) in [7, 11) is 0. The summed E-state index contributed by atoms with van der Waals surface area (Å²) in [5.41, 5.74) is 8.59. The molecule has 0 saturated carbocycles. The summed E-state index contributed by atoms with van der Waals surface area (Å²) in [5.74, 6) is -0.397. The molecule has 2 N–H and O–H groups in total. The number of carbonyl (C=O) groups is 1. The SMILES string of the molecule is Cc1cncc2oc(C(N)=O)c(-c3ccccc3)c12. The fourth-order valence-electron chi connectivity index (χ4n) is 2.27. The van der Waals surface area contributed by atoms with Gasteiger partial charge in [-0.3, -0.25) is 9.78 Å². The molecule has 0 saturated heterocycles. The number of primary amides is 1. The zero-order chi connectivity index (χ0) is 13.4. The zero-order valence-electron chi connectivity index (χ0n) is 10.4. The van der Waals surface area contributed by atoms with Gasteiger partial charge < -0.3 is 10.2 Å². The van der Waals surface area contributed by atoms with Crippen LogP contribution < -0.4 is 5.73 Å². The quantitative estimate of drug-likeness (QED) is 0.762. The summed E-state index contributed by atoms with van der Waals surface area (Å²) in [6.45, 7) is 1.93. The van der Waals surface area contributed by atoms with E-state index in [1.165, 1.54) is 0 Å². The van der Waals surface area contributed by atoms with Crippen molar-refractivity contribution in [2.24, 2.45) is 5.73 Å². The Morgan fingerprint density at radius 3 is 2.63 bits per heavy atom. The molecule has 3 rings (SSSR count). The molecule has 4 heteroatoms. The summed E-state index contributed by atoms with van der Waals surface area (Å²) < 4.78 is 5.56. The Kier molecular flexibility index (Phi) is 2.56. The molecule has 3 aromatic rings. The second-order valence-corrected chi connectivity index (χ2v) is 4.37. The number of fused-ring (bicyclic) bond motifs is 1. The number of aryl methyl sites for hydroxylation is 1. The van der Waals surface area contributed by atoms with Crippen LogP contribution in [0.3, 0.4) is 0 Å². The highest BCUT2D eigenvalue weighted by Gasteiger charge is 2.21. The molecule has 0 aliphatic rings. The number of hydrogen-bond acceptors (Lipinski definition) is 3. The van der Waals surface area contributed by atoms with Crippen molar-refractivity contribution in [1.82, 2.24) is 4.98 Å². The number of hydrogen-bond donors (Lipinski definition) is 1. The molecule has 0 spiro atoms. The Bertz CT molecular complexity index is 760. The van der Waals surface area contributed by atoms with E-state index in [4.69, 9.17) is 10.2 Å². The molecule has 1 amide bonds. The van der Waals surface area contributed by atoms with Crippen molar-refractivity contribution < 1.29 is 9.21 Å². The number of nitrogens with two attached hydrogens (primary N) is 1. The second kappa shape index (κ2) is 4.24. The predicted molar refractivity (Wildman–Crippen MR) is 72.7 cm³/mol. The van der Waals surface area contributed by atoms with Crippen molar-refractivity contribution in [1.29, 1.82) is 0 Å². The fourth-order valence-corrected chi connectivity index (χ4v) is 2.27. The van der Waals surface area contributed by atoms with Gasteiger partial charge in [-0.1, -0.05) is 30.3 Å². The Labute approximate surface area is 109 Å². The maximum Gasteiger partial charge on any atom is 0.285 e. The maximum atomic E-state index is 11.6. The molecule has 4 nitrogen and oxygen atoms in total. The van der Waals surface area contributed by atoms with Gasteiger partial charge in [0.2, 0.25) is 0 Å². The van der Waals surface area contributed by atoms with E-state index in [-0.39, 0.29) is 5.76 Å². The number of benzene rings is 1.